The van der Waals surface area contributed by atoms with E-state index in [4.69, 9.17) is 16.6 Å². The summed E-state index contributed by atoms with van der Waals surface area (Å²) in [7, 11) is 1.74. The first-order valence-corrected chi connectivity index (χ1v) is 11.6. The molecule has 1 saturated heterocycles. The number of aromatic nitrogens is 3. The molecular weight excluding hydrogens is 458 g/mol. The highest BCUT2D eigenvalue weighted by atomic mass is 35.5. The van der Waals surface area contributed by atoms with E-state index in [-0.39, 0.29) is 29.1 Å². The van der Waals surface area contributed by atoms with Crippen molar-refractivity contribution < 1.29 is 15.0 Å². The lowest BCUT2D eigenvalue weighted by atomic mass is 10.0. The van der Waals surface area contributed by atoms with Crippen molar-refractivity contribution in [1.29, 1.82) is 0 Å². The monoisotopic (exact) mass is 483 g/mol. The van der Waals surface area contributed by atoms with E-state index in [1.807, 2.05) is 26.0 Å². The SMILES string of the molecule is Cc1cc([C@H](C)Nc2ccc(Cl)nc2C(=O)O)c2nc(N3C[C@@H]4C(CO)[C@@H]4C3)n(C)c(=O)c2c1. The number of aliphatic hydroxyl groups is 1. The number of rotatable bonds is 6. The minimum absolute atomic E-state index is 0.0958. The van der Waals surface area contributed by atoms with E-state index in [0.717, 1.165) is 24.2 Å². The number of piperidine rings is 1. The van der Waals surface area contributed by atoms with Gasteiger partial charge in [-0.25, -0.2) is 14.8 Å². The molecule has 2 fully saturated rings. The molecule has 1 unspecified atom stereocenters. The van der Waals surface area contributed by atoms with Gasteiger partial charge in [-0.15, -0.1) is 0 Å². The average Bonchev–Trinajstić information content (AvgIpc) is 3.27. The van der Waals surface area contributed by atoms with Gasteiger partial charge in [-0.05, 0) is 55.4 Å². The molecule has 3 heterocycles. The highest BCUT2D eigenvalue weighted by Gasteiger charge is 2.55. The fourth-order valence-electron chi connectivity index (χ4n) is 5.26. The number of hydrogen-bond donors (Lipinski definition) is 3. The standard InChI is InChI=1S/C24H26ClN5O4/c1-11-6-13(12(2)26-18-4-5-19(25)27-21(18)23(33)34)20-14(7-11)22(32)29(3)24(28-20)30-8-15-16(9-30)17(15)10-31/h4-7,12,15-17,26,31H,8-10H2,1-3H3,(H,33,34)/t12-,15-,16+,17?/m0/s1. The van der Waals surface area contributed by atoms with Gasteiger partial charge in [-0.1, -0.05) is 17.7 Å². The highest BCUT2D eigenvalue weighted by Crippen LogP contribution is 2.51. The smallest absolute Gasteiger partial charge is 0.356 e. The zero-order valence-corrected chi connectivity index (χ0v) is 19.9. The number of aliphatic hydroxyl groups excluding tert-OH is 1. The third kappa shape index (κ3) is 3.69. The van der Waals surface area contributed by atoms with Gasteiger partial charge in [0.15, 0.2) is 5.69 Å². The fourth-order valence-corrected chi connectivity index (χ4v) is 5.41. The molecule has 0 bridgehead atoms. The van der Waals surface area contributed by atoms with Crippen molar-refractivity contribution in [2.45, 2.75) is 19.9 Å². The fraction of sp³-hybridized carbons (Fsp3) is 0.417. The van der Waals surface area contributed by atoms with Crippen molar-refractivity contribution in [3.05, 3.63) is 56.6 Å². The minimum atomic E-state index is -1.19. The maximum Gasteiger partial charge on any atom is 0.356 e. The van der Waals surface area contributed by atoms with Crippen LogP contribution in [0.2, 0.25) is 5.15 Å². The van der Waals surface area contributed by atoms with Crippen molar-refractivity contribution in [2.24, 2.45) is 24.8 Å². The second-order valence-electron chi connectivity index (χ2n) is 9.31. The number of anilines is 2. The van der Waals surface area contributed by atoms with Gasteiger partial charge < -0.3 is 20.4 Å². The number of nitrogens with one attached hydrogen (secondary N) is 1. The summed E-state index contributed by atoms with van der Waals surface area (Å²) < 4.78 is 1.59. The van der Waals surface area contributed by atoms with Gasteiger partial charge in [-0.3, -0.25) is 9.36 Å². The van der Waals surface area contributed by atoms with Gasteiger partial charge >= 0.3 is 5.97 Å². The summed E-state index contributed by atoms with van der Waals surface area (Å²) in [5.74, 6) is 0.671. The quantitative estimate of drug-likeness (QED) is 0.458. The van der Waals surface area contributed by atoms with Crippen LogP contribution in [0.1, 0.15) is 34.6 Å². The summed E-state index contributed by atoms with van der Waals surface area (Å²) >= 11 is 5.89. The van der Waals surface area contributed by atoms with E-state index in [0.29, 0.717) is 40.3 Å². The lowest BCUT2D eigenvalue weighted by Crippen LogP contribution is -2.33. The van der Waals surface area contributed by atoms with Crippen LogP contribution in [0.4, 0.5) is 11.6 Å². The van der Waals surface area contributed by atoms with E-state index >= 15 is 0 Å². The van der Waals surface area contributed by atoms with E-state index in [9.17, 15) is 19.8 Å². The first-order chi connectivity index (χ1) is 16.2. The highest BCUT2D eigenvalue weighted by molar-refractivity contribution is 6.29. The van der Waals surface area contributed by atoms with Crippen molar-refractivity contribution in [3.63, 3.8) is 0 Å². The third-order valence-corrected chi connectivity index (χ3v) is 7.31. The molecular formula is C24H26ClN5O4. The van der Waals surface area contributed by atoms with Crippen LogP contribution >= 0.6 is 11.6 Å². The van der Waals surface area contributed by atoms with Gasteiger partial charge in [0.25, 0.3) is 5.56 Å². The van der Waals surface area contributed by atoms with E-state index in [1.165, 1.54) is 6.07 Å². The summed E-state index contributed by atoms with van der Waals surface area (Å²) in [4.78, 5) is 36.0. The maximum atomic E-state index is 13.3. The van der Waals surface area contributed by atoms with Crippen LogP contribution in [-0.4, -0.2) is 50.4 Å². The third-order valence-electron chi connectivity index (χ3n) is 7.10. The summed E-state index contributed by atoms with van der Waals surface area (Å²) in [5.41, 5.74) is 2.31. The molecule has 0 spiro atoms. The molecule has 34 heavy (non-hydrogen) atoms. The number of benzene rings is 1. The van der Waals surface area contributed by atoms with Crippen LogP contribution < -0.4 is 15.8 Å². The average molecular weight is 484 g/mol. The molecule has 3 N–H and O–H groups in total. The normalized spacial score (nSPS) is 22.0. The molecule has 4 atom stereocenters. The number of pyridine rings is 1. The second-order valence-corrected chi connectivity index (χ2v) is 9.69. The first-order valence-electron chi connectivity index (χ1n) is 11.2. The Hall–Kier alpha value is -3.17. The van der Waals surface area contributed by atoms with Crippen LogP contribution in [0.15, 0.2) is 29.1 Å². The van der Waals surface area contributed by atoms with Gasteiger partial charge in [0.1, 0.15) is 5.15 Å². The van der Waals surface area contributed by atoms with E-state index in [2.05, 4.69) is 15.2 Å². The Morgan fingerprint density at radius 2 is 1.97 bits per heavy atom. The Morgan fingerprint density at radius 3 is 2.62 bits per heavy atom. The molecule has 3 aromatic rings. The van der Waals surface area contributed by atoms with E-state index < -0.39 is 5.97 Å². The summed E-state index contributed by atoms with van der Waals surface area (Å²) in [5, 5.41) is 22.8. The second kappa shape index (κ2) is 8.25. The van der Waals surface area contributed by atoms with Crippen LogP contribution in [-0.2, 0) is 7.05 Å². The van der Waals surface area contributed by atoms with Crippen molar-refractivity contribution in [1.82, 2.24) is 14.5 Å². The van der Waals surface area contributed by atoms with Crippen LogP contribution in [0, 0.1) is 24.7 Å². The first kappa shape index (κ1) is 22.6. The molecule has 178 valence electrons. The number of carboxylic acid groups (broad SMARTS) is 1. The van der Waals surface area contributed by atoms with E-state index in [1.54, 1.807) is 17.7 Å². The number of carboxylic acids is 1. The predicted molar refractivity (Wildman–Crippen MR) is 130 cm³/mol. The van der Waals surface area contributed by atoms with Crippen LogP contribution in [0.5, 0.6) is 0 Å². The zero-order chi connectivity index (χ0) is 24.3. The Kier molecular flexibility index (Phi) is 5.49. The van der Waals surface area contributed by atoms with Crippen LogP contribution in [0.25, 0.3) is 10.9 Å². The Labute approximate surface area is 201 Å². The van der Waals surface area contributed by atoms with Gasteiger partial charge in [0, 0.05) is 32.3 Å². The molecule has 9 nitrogen and oxygen atoms in total. The number of aryl methyl sites for hydroxylation is 1. The van der Waals surface area contributed by atoms with Crippen molar-refractivity contribution in [2.75, 3.05) is 29.9 Å². The molecule has 1 aromatic carbocycles. The Bertz CT molecular complexity index is 1360. The van der Waals surface area contributed by atoms with Crippen molar-refractivity contribution >= 4 is 40.1 Å². The zero-order valence-electron chi connectivity index (χ0n) is 19.1. The number of hydrogen-bond acceptors (Lipinski definition) is 7. The Balaban J connectivity index is 1.56. The van der Waals surface area contributed by atoms with Gasteiger partial charge in [0.2, 0.25) is 5.95 Å². The molecule has 10 heteroatoms. The summed E-state index contributed by atoms with van der Waals surface area (Å²) in [6.45, 7) is 5.56. The van der Waals surface area contributed by atoms with Crippen LogP contribution in [0.3, 0.4) is 0 Å². The molecule has 1 aliphatic carbocycles. The lowest BCUT2D eigenvalue weighted by molar-refractivity contribution is 0.0691. The molecule has 0 amide bonds. The Morgan fingerprint density at radius 1 is 1.26 bits per heavy atom. The molecule has 5 rings (SSSR count). The maximum absolute atomic E-state index is 13.3. The molecule has 0 radical (unpaired) electrons. The lowest BCUT2D eigenvalue weighted by Gasteiger charge is -2.24. The molecule has 1 saturated carbocycles. The number of fused-ring (bicyclic) bond motifs is 2. The molecule has 2 aromatic heterocycles. The summed E-state index contributed by atoms with van der Waals surface area (Å²) in [6, 6.07) is 6.55. The largest absolute Gasteiger partial charge is 0.476 e. The number of halogens is 1. The number of carbonyl (C=O) groups is 1. The van der Waals surface area contributed by atoms with Gasteiger partial charge in [0.05, 0.1) is 22.6 Å². The molecule has 1 aliphatic heterocycles. The van der Waals surface area contributed by atoms with Crippen molar-refractivity contribution in [3.8, 4) is 0 Å². The number of nitrogens with zero attached hydrogens (tertiary/aromatic N) is 4. The predicted octanol–water partition coefficient (Wildman–Crippen LogP) is 2.84. The minimum Gasteiger partial charge on any atom is -0.476 e. The molecule has 2 aliphatic rings. The number of aromatic carboxylic acids is 1. The topological polar surface area (TPSA) is 121 Å². The van der Waals surface area contributed by atoms with Gasteiger partial charge in [-0.2, -0.15) is 0 Å². The summed E-state index contributed by atoms with van der Waals surface area (Å²) in [6.07, 6.45) is 0.